The third-order valence-corrected chi connectivity index (χ3v) is 3.63. The van der Waals surface area contributed by atoms with Crippen LogP contribution in [0.1, 0.15) is 11.1 Å². The molecule has 0 bridgehead atoms. The van der Waals surface area contributed by atoms with Crippen molar-refractivity contribution in [2.45, 2.75) is 13.0 Å². The van der Waals surface area contributed by atoms with Crippen LogP contribution in [0, 0.1) is 0 Å². The molecule has 4 nitrogen and oxygen atoms in total. The zero-order valence-corrected chi connectivity index (χ0v) is 12.4. The Balaban J connectivity index is 1.57. The highest BCUT2D eigenvalue weighted by Crippen LogP contribution is 2.15. The van der Waals surface area contributed by atoms with Crippen LogP contribution in [0.4, 0.5) is 0 Å². The van der Waals surface area contributed by atoms with E-state index in [2.05, 4.69) is 10.3 Å². The normalized spacial score (nSPS) is 10.6. The average Bonchev–Trinajstić information content (AvgIpc) is 3.01. The van der Waals surface area contributed by atoms with E-state index in [1.165, 1.54) is 0 Å². The molecule has 0 aliphatic carbocycles. The number of aromatic amines is 1. The predicted molar refractivity (Wildman–Crippen MR) is 86.8 cm³/mol. The fraction of sp³-hybridized carbons (Fsp3) is 0.167. The molecule has 3 rings (SSSR count). The van der Waals surface area contributed by atoms with Gasteiger partial charge in [0.1, 0.15) is 5.75 Å². The van der Waals surface area contributed by atoms with Gasteiger partial charge >= 0.3 is 0 Å². The molecule has 0 saturated heterocycles. The molecule has 2 N–H and O–H groups in total. The number of ether oxygens (including phenoxy) is 1. The molecule has 0 aliphatic heterocycles. The Kier molecular flexibility index (Phi) is 4.10. The van der Waals surface area contributed by atoms with Gasteiger partial charge in [-0.2, -0.15) is 0 Å². The van der Waals surface area contributed by atoms with E-state index < -0.39 is 0 Å². The van der Waals surface area contributed by atoms with Crippen molar-refractivity contribution < 1.29 is 9.53 Å². The molecule has 1 amide bonds. The lowest BCUT2D eigenvalue weighted by Crippen LogP contribution is -2.24. The molecular weight excluding hydrogens is 276 g/mol. The maximum Gasteiger partial charge on any atom is 0.224 e. The summed E-state index contributed by atoms with van der Waals surface area (Å²) >= 11 is 0. The smallest absolute Gasteiger partial charge is 0.224 e. The van der Waals surface area contributed by atoms with E-state index in [0.29, 0.717) is 13.0 Å². The molecule has 0 fully saturated rings. The first-order valence-corrected chi connectivity index (χ1v) is 7.20. The monoisotopic (exact) mass is 294 g/mol. The van der Waals surface area contributed by atoms with Crippen molar-refractivity contribution in [2.24, 2.45) is 0 Å². The number of hydrogen-bond donors (Lipinski definition) is 2. The van der Waals surface area contributed by atoms with Crippen molar-refractivity contribution in [1.29, 1.82) is 0 Å². The lowest BCUT2D eigenvalue weighted by Gasteiger charge is -2.07. The highest BCUT2D eigenvalue weighted by molar-refractivity contribution is 5.83. The van der Waals surface area contributed by atoms with E-state index in [1.54, 1.807) is 7.11 Å². The van der Waals surface area contributed by atoms with Crippen LogP contribution in [0.5, 0.6) is 5.75 Å². The van der Waals surface area contributed by atoms with Crippen LogP contribution in [0.15, 0.2) is 54.7 Å². The minimum Gasteiger partial charge on any atom is -0.497 e. The number of benzene rings is 2. The van der Waals surface area contributed by atoms with Gasteiger partial charge in [0.05, 0.1) is 13.5 Å². The van der Waals surface area contributed by atoms with Crippen molar-refractivity contribution in [1.82, 2.24) is 10.3 Å². The number of H-pyrrole nitrogens is 1. The van der Waals surface area contributed by atoms with Crippen molar-refractivity contribution in [3.63, 3.8) is 0 Å². The minimum absolute atomic E-state index is 0.0155. The minimum atomic E-state index is 0.0155. The molecule has 0 saturated carbocycles. The standard InChI is InChI=1S/C18H18N2O2/c1-22-16-6-3-13(4-7-16)12-20-18(21)11-14-2-5-15-8-9-19-17(15)10-14/h2-10,19H,11-12H2,1H3,(H,20,21). The van der Waals surface area contributed by atoms with Crippen LogP contribution >= 0.6 is 0 Å². The maximum atomic E-state index is 12.0. The molecule has 22 heavy (non-hydrogen) atoms. The molecule has 4 heteroatoms. The number of rotatable bonds is 5. The van der Waals surface area contributed by atoms with Gasteiger partial charge in [0, 0.05) is 18.3 Å². The number of nitrogens with one attached hydrogen (secondary N) is 2. The number of carbonyl (C=O) groups excluding carboxylic acids is 1. The van der Waals surface area contributed by atoms with Crippen molar-refractivity contribution >= 4 is 16.8 Å². The van der Waals surface area contributed by atoms with Crippen LogP contribution < -0.4 is 10.1 Å². The Hall–Kier alpha value is -2.75. The summed E-state index contributed by atoms with van der Waals surface area (Å²) < 4.78 is 5.11. The number of fused-ring (bicyclic) bond motifs is 1. The first kappa shape index (κ1) is 14.2. The van der Waals surface area contributed by atoms with E-state index in [4.69, 9.17) is 4.74 Å². The van der Waals surface area contributed by atoms with Crippen LogP contribution in [-0.2, 0) is 17.8 Å². The molecule has 1 heterocycles. The molecule has 0 unspecified atom stereocenters. The summed E-state index contributed by atoms with van der Waals surface area (Å²) in [4.78, 5) is 15.2. The fourth-order valence-corrected chi connectivity index (χ4v) is 2.40. The average molecular weight is 294 g/mol. The van der Waals surface area contributed by atoms with E-state index >= 15 is 0 Å². The van der Waals surface area contributed by atoms with Crippen molar-refractivity contribution in [3.05, 3.63) is 65.9 Å². The van der Waals surface area contributed by atoms with Gasteiger partial charge in [-0.05, 0) is 40.8 Å². The molecule has 112 valence electrons. The van der Waals surface area contributed by atoms with Gasteiger partial charge in [0.15, 0.2) is 0 Å². The zero-order chi connectivity index (χ0) is 15.4. The number of amides is 1. The summed E-state index contributed by atoms with van der Waals surface area (Å²) in [5, 5.41) is 4.09. The Morgan fingerprint density at radius 2 is 1.86 bits per heavy atom. The summed E-state index contributed by atoms with van der Waals surface area (Å²) in [6.45, 7) is 0.521. The van der Waals surface area contributed by atoms with Crippen LogP contribution in [0.3, 0.4) is 0 Å². The molecule has 0 aliphatic rings. The van der Waals surface area contributed by atoms with E-state index in [0.717, 1.165) is 27.8 Å². The zero-order valence-electron chi connectivity index (χ0n) is 12.4. The maximum absolute atomic E-state index is 12.0. The Morgan fingerprint density at radius 3 is 2.64 bits per heavy atom. The fourth-order valence-electron chi connectivity index (χ4n) is 2.40. The second-order valence-electron chi connectivity index (χ2n) is 5.20. The number of carbonyl (C=O) groups is 1. The van der Waals surface area contributed by atoms with Crippen molar-refractivity contribution in [2.75, 3.05) is 7.11 Å². The second-order valence-corrected chi connectivity index (χ2v) is 5.20. The largest absolute Gasteiger partial charge is 0.497 e. The molecule has 0 atom stereocenters. The Labute approximate surface area is 129 Å². The van der Waals surface area contributed by atoms with E-state index in [9.17, 15) is 4.79 Å². The van der Waals surface area contributed by atoms with E-state index in [-0.39, 0.29) is 5.91 Å². The summed E-state index contributed by atoms with van der Waals surface area (Å²) in [6, 6.07) is 15.7. The molecular formula is C18H18N2O2. The lowest BCUT2D eigenvalue weighted by molar-refractivity contribution is -0.120. The predicted octanol–water partition coefficient (Wildman–Crippen LogP) is 3.04. The highest BCUT2D eigenvalue weighted by Gasteiger charge is 2.05. The Bertz CT molecular complexity index is 775. The van der Waals surface area contributed by atoms with Gasteiger partial charge in [0.2, 0.25) is 5.91 Å². The summed E-state index contributed by atoms with van der Waals surface area (Å²) in [6.07, 6.45) is 2.28. The first-order valence-electron chi connectivity index (χ1n) is 7.20. The third kappa shape index (κ3) is 3.28. The topological polar surface area (TPSA) is 54.1 Å². The Morgan fingerprint density at radius 1 is 1.09 bits per heavy atom. The van der Waals surface area contributed by atoms with Crippen LogP contribution in [0.2, 0.25) is 0 Å². The van der Waals surface area contributed by atoms with Crippen molar-refractivity contribution in [3.8, 4) is 5.75 Å². The molecule has 1 aromatic heterocycles. The number of hydrogen-bond acceptors (Lipinski definition) is 2. The second kappa shape index (κ2) is 6.35. The van der Waals surface area contributed by atoms with Crippen LogP contribution in [-0.4, -0.2) is 18.0 Å². The summed E-state index contributed by atoms with van der Waals surface area (Å²) in [7, 11) is 1.64. The van der Waals surface area contributed by atoms with E-state index in [1.807, 2.05) is 54.7 Å². The third-order valence-electron chi connectivity index (χ3n) is 3.63. The molecule has 0 radical (unpaired) electrons. The summed E-state index contributed by atoms with van der Waals surface area (Å²) in [5.74, 6) is 0.830. The highest BCUT2D eigenvalue weighted by atomic mass is 16.5. The summed E-state index contributed by atoms with van der Waals surface area (Å²) in [5.41, 5.74) is 3.11. The number of aromatic nitrogens is 1. The first-order chi connectivity index (χ1) is 10.7. The molecule has 3 aromatic rings. The van der Waals surface area contributed by atoms with Gasteiger partial charge < -0.3 is 15.0 Å². The molecule has 0 spiro atoms. The van der Waals surface area contributed by atoms with Gasteiger partial charge in [-0.3, -0.25) is 4.79 Å². The van der Waals surface area contributed by atoms with Crippen LogP contribution in [0.25, 0.3) is 10.9 Å². The quantitative estimate of drug-likeness (QED) is 0.760. The van der Waals surface area contributed by atoms with Gasteiger partial charge in [-0.25, -0.2) is 0 Å². The van der Waals surface area contributed by atoms with Gasteiger partial charge in [-0.1, -0.05) is 24.3 Å². The van der Waals surface area contributed by atoms with Gasteiger partial charge in [-0.15, -0.1) is 0 Å². The van der Waals surface area contributed by atoms with Gasteiger partial charge in [0.25, 0.3) is 0 Å². The lowest BCUT2D eigenvalue weighted by atomic mass is 10.1. The SMILES string of the molecule is COc1ccc(CNC(=O)Cc2ccc3cc[nH]c3c2)cc1. The number of methoxy groups -OCH3 is 1. The molecule has 2 aromatic carbocycles.